The molecule has 12 heteroatoms. The topological polar surface area (TPSA) is 145 Å². The third-order valence-electron chi connectivity index (χ3n) is 4.82. The van der Waals surface area contributed by atoms with Crippen molar-refractivity contribution in [3.63, 3.8) is 0 Å². The number of nitrogens with one attached hydrogen (secondary N) is 1. The molecule has 0 spiro atoms. The van der Waals surface area contributed by atoms with Crippen LogP contribution in [0.25, 0.3) is 10.8 Å². The van der Waals surface area contributed by atoms with E-state index in [0.717, 1.165) is 16.8 Å². The Hall–Kier alpha value is -4.29. The Kier molecular flexibility index (Phi) is 6.49. The largest absolute Gasteiger partial charge is 0.379 e. The Balaban J connectivity index is 1.43. The highest BCUT2D eigenvalue weighted by Crippen LogP contribution is 2.22. The molecule has 0 fully saturated rings. The summed E-state index contributed by atoms with van der Waals surface area (Å²) in [5.41, 5.74) is 0.0821. The Morgan fingerprint density at radius 3 is 2.23 bits per heavy atom. The highest BCUT2D eigenvalue weighted by atomic mass is 32.2. The van der Waals surface area contributed by atoms with Crippen LogP contribution in [0.5, 0.6) is 5.75 Å². The van der Waals surface area contributed by atoms with Crippen molar-refractivity contribution < 1.29 is 25.9 Å². The zero-order chi connectivity index (χ0) is 25.1. The molecule has 0 saturated heterocycles. The lowest BCUT2D eigenvalue weighted by Crippen LogP contribution is -2.18. The van der Waals surface area contributed by atoms with Crippen molar-refractivity contribution in [2.24, 2.45) is 5.10 Å². The van der Waals surface area contributed by atoms with Gasteiger partial charge in [0.1, 0.15) is 10.6 Å². The van der Waals surface area contributed by atoms with Gasteiger partial charge in [0.2, 0.25) is 0 Å². The van der Waals surface area contributed by atoms with Crippen LogP contribution in [-0.2, 0) is 20.1 Å². The summed E-state index contributed by atoms with van der Waals surface area (Å²) in [6, 6.07) is 22.2. The van der Waals surface area contributed by atoms with Gasteiger partial charge in [-0.25, -0.2) is 4.83 Å². The first-order valence-electron chi connectivity index (χ1n) is 9.97. The molecule has 0 aliphatic rings. The number of nitro groups is 1. The Morgan fingerprint density at radius 2 is 1.51 bits per heavy atom. The molecule has 4 aromatic rings. The van der Waals surface area contributed by atoms with Gasteiger partial charge < -0.3 is 4.18 Å². The second-order valence-corrected chi connectivity index (χ2v) is 10.4. The van der Waals surface area contributed by atoms with Crippen molar-refractivity contribution in [3.05, 3.63) is 107 Å². The van der Waals surface area contributed by atoms with E-state index in [0.29, 0.717) is 5.56 Å². The first kappa shape index (κ1) is 23.9. The van der Waals surface area contributed by atoms with E-state index in [1.54, 1.807) is 18.2 Å². The summed E-state index contributed by atoms with van der Waals surface area (Å²) >= 11 is 0. The lowest BCUT2D eigenvalue weighted by atomic mass is 10.1. The van der Waals surface area contributed by atoms with E-state index in [-0.39, 0.29) is 21.2 Å². The lowest BCUT2D eigenvalue weighted by molar-refractivity contribution is -0.385. The van der Waals surface area contributed by atoms with E-state index in [1.165, 1.54) is 54.7 Å². The molecule has 0 heterocycles. The number of rotatable bonds is 8. The van der Waals surface area contributed by atoms with Crippen molar-refractivity contribution in [1.29, 1.82) is 0 Å². The van der Waals surface area contributed by atoms with E-state index in [2.05, 4.69) is 9.93 Å². The number of fused-ring (bicyclic) bond motifs is 1. The molecule has 0 amide bonds. The van der Waals surface area contributed by atoms with Crippen LogP contribution in [0.3, 0.4) is 0 Å². The normalized spacial score (nSPS) is 12.0. The first-order chi connectivity index (χ1) is 16.6. The van der Waals surface area contributed by atoms with Crippen molar-refractivity contribution in [3.8, 4) is 5.75 Å². The molecule has 0 bridgehead atoms. The van der Waals surface area contributed by atoms with Gasteiger partial charge in [0.05, 0.1) is 16.0 Å². The van der Waals surface area contributed by atoms with E-state index < -0.39 is 25.1 Å². The van der Waals surface area contributed by atoms with Crippen molar-refractivity contribution in [2.75, 3.05) is 0 Å². The summed E-state index contributed by atoms with van der Waals surface area (Å²) < 4.78 is 54.9. The maximum atomic E-state index is 12.5. The average Bonchev–Trinajstić information content (AvgIpc) is 2.84. The molecule has 1 N–H and O–H groups in total. The molecular weight excluding hydrogens is 494 g/mol. The van der Waals surface area contributed by atoms with Crippen LogP contribution in [0, 0.1) is 10.1 Å². The second kappa shape index (κ2) is 9.52. The smallest absolute Gasteiger partial charge is 0.339 e. The van der Waals surface area contributed by atoms with E-state index in [4.69, 9.17) is 4.18 Å². The minimum atomic E-state index is -4.29. The predicted octanol–water partition coefficient (Wildman–Crippen LogP) is 3.83. The summed E-state index contributed by atoms with van der Waals surface area (Å²) in [5, 5.41) is 16.3. The number of hydrogen-bond acceptors (Lipinski definition) is 8. The zero-order valence-electron chi connectivity index (χ0n) is 17.8. The van der Waals surface area contributed by atoms with Crippen molar-refractivity contribution >= 4 is 42.8 Å². The van der Waals surface area contributed by atoms with Gasteiger partial charge in [-0.05, 0) is 58.8 Å². The van der Waals surface area contributed by atoms with Gasteiger partial charge in [0.15, 0.2) is 0 Å². The SMILES string of the molecule is O=[N+]([O-])c1cccc(S(=O)(=O)Oc2ccc(/C=N\NS(=O)(=O)c3ccc4ccccc4c3)cc2)c1. The summed E-state index contributed by atoms with van der Waals surface area (Å²) in [7, 11) is -8.19. The molecule has 0 saturated carbocycles. The van der Waals surface area contributed by atoms with E-state index >= 15 is 0 Å². The molecule has 4 rings (SSSR count). The summed E-state index contributed by atoms with van der Waals surface area (Å²) in [6.07, 6.45) is 1.25. The van der Waals surface area contributed by atoms with Crippen molar-refractivity contribution in [1.82, 2.24) is 4.83 Å². The van der Waals surface area contributed by atoms with Gasteiger partial charge in [0.25, 0.3) is 15.7 Å². The van der Waals surface area contributed by atoms with Gasteiger partial charge in [-0.1, -0.05) is 36.4 Å². The maximum Gasteiger partial charge on any atom is 0.339 e. The number of nitrogens with zero attached hydrogens (tertiary/aromatic N) is 2. The monoisotopic (exact) mass is 511 g/mol. The molecule has 0 radical (unpaired) electrons. The molecule has 0 unspecified atom stereocenters. The van der Waals surface area contributed by atoms with Gasteiger partial charge in [-0.2, -0.15) is 21.9 Å². The van der Waals surface area contributed by atoms with Crippen LogP contribution < -0.4 is 9.01 Å². The number of benzene rings is 4. The molecule has 0 aliphatic heterocycles. The van der Waals surface area contributed by atoms with Gasteiger partial charge in [-0.15, -0.1) is 0 Å². The summed E-state index contributed by atoms with van der Waals surface area (Å²) in [6.45, 7) is 0. The van der Waals surface area contributed by atoms with Gasteiger partial charge in [0, 0.05) is 12.1 Å². The third-order valence-corrected chi connectivity index (χ3v) is 7.28. The van der Waals surface area contributed by atoms with Gasteiger partial charge >= 0.3 is 10.1 Å². The molecule has 10 nitrogen and oxygen atoms in total. The van der Waals surface area contributed by atoms with Crippen LogP contribution >= 0.6 is 0 Å². The molecule has 0 aliphatic carbocycles. The third kappa shape index (κ3) is 5.62. The number of nitro benzene ring substituents is 1. The minimum Gasteiger partial charge on any atom is -0.379 e. The highest BCUT2D eigenvalue weighted by molar-refractivity contribution is 7.89. The molecule has 35 heavy (non-hydrogen) atoms. The standard InChI is InChI=1S/C23H17N3O7S2/c27-26(28)20-6-3-7-23(15-20)35(31,32)33-21-11-8-17(9-12-21)16-24-25-34(29,30)22-13-10-18-4-1-2-5-19(18)14-22/h1-16,25H/b24-16-. The highest BCUT2D eigenvalue weighted by Gasteiger charge is 2.20. The summed E-state index contributed by atoms with van der Waals surface area (Å²) in [4.78, 5) is 12.0. The van der Waals surface area contributed by atoms with Crippen LogP contribution in [0.2, 0.25) is 0 Å². The van der Waals surface area contributed by atoms with E-state index in [9.17, 15) is 26.9 Å². The predicted molar refractivity (Wildman–Crippen MR) is 129 cm³/mol. The molecule has 0 atom stereocenters. The Bertz CT molecular complexity index is 1650. The number of hydrazone groups is 1. The average molecular weight is 512 g/mol. The first-order valence-corrected chi connectivity index (χ1v) is 12.9. The van der Waals surface area contributed by atoms with Crippen molar-refractivity contribution in [2.45, 2.75) is 9.79 Å². The second-order valence-electron chi connectivity index (χ2n) is 7.22. The molecule has 178 valence electrons. The van der Waals surface area contributed by atoms with Crippen LogP contribution in [0.1, 0.15) is 5.56 Å². The van der Waals surface area contributed by atoms with Crippen LogP contribution in [0.4, 0.5) is 5.69 Å². The molecular formula is C23H17N3O7S2. The molecule has 4 aromatic carbocycles. The zero-order valence-corrected chi connectivity index (χ0v) is 19.4. The van der Waals surface area contributed by atoms with Crippen LogP contribution in [-0.4, -0.2) is 28.0 Å². The lowest BCUT2D eigenvalue weighted by Gasteiger charge is -2.07. The van der Waals surface area contributed by atoms with E-state index in [1.807, 2.05) is 18.2 Å². The number of hydrogen-bond donors (Lipinski definition) is 1. The fourth-order valence-corrected chi connectivity index (χ4v) is 4.89. The van der Waals surface area contributed by atoms with Gasteiger partial charge in [-0.3, -0.25) is 10.1 Å². The fraction of sp³-hybridized carbons (Fsp3) is 0. The Labute approximate surface area is 200 Å². The fourth-order valence-electron chi connectivity index (χ4n) is 3.09. The Morgan fingerprint density at radius 1 is 0.800 bits per heavy atom. The minimum absolute atomic E-state index is 0.0367. The van der Waals surface area contributed by atoms with Crippen LogP contribution in [0.15, 0.2) is 106 Å². The summed E-state index contributed by atoms with van der Waals surface area (Å²) in [5.74, 6) is -0.0367. The number of sulfonamides is 1. The quantitative estimate of drug-likeness (QED) is 0.164. The molecule has 0 aromatic heterocycles. The maximum absolute atomic E-state index is 12.5. The number of non-ortho nitro benzene ring substituents is 1.